The third-order valence-corrected chi connectivity index (χ3v) is 2.92. The van der Waals surface area contributed by atoms with E-state index in [4.69, 9.17) is 0 Å². The van der Waals surface area contributed by atoms with Crippen molar-refractivity contribution < 1.29 is 4.39 Å². The van der Waals surface area contributed by atoms with Gasteiger partial charge in [-0.2, -0.15) is 0 Å². The van der Waals surface area contributed by atoms with Crippen LogP contribution < -0.4 is 0 Å². The van der Waals surface area contributed by atoms with Crippen LogP contribution in [0.2, 0.25) is 0 Å². The van der Waals surface area contributed by atoms with Crippen molar-refractivity contribution in [2.45, 2.75) is 46.3 Å². The summed E-state index contributed by atoms with van der Waals surface area (Å²) in [4.78, 5) is 2.09. The van der Waals surface area contributed by atoms with Crippen LogP contribution in [0.4, 0.5) is 4.39 Å². The van der Waals surface area contributed by atoms with Crippen molar-refractivity contribution in [1.29, 1.82) is 0 Å². The van der Waals surface area contributed by atoms with E-state index in [9.17, 15) is 4.39 Å². The Kier molecular flexibility index (Phi) is 4.18. The van der Waals surface area contributed by atoms with Crippen molar-refractivity contribution in [1.82, 2.24) is 4.90 Å². The van der Waals surface area contributed by atoms with Crippen molar-refractivity contribution in [3.8, 4) is 0 Å². The first-order chi connectivity index (χ1) is 5.28. The second kappa shape index (κ2) is 4.22. The molecular weight excluding hydrogens is 153 g/mol. The molecule has 0 rings (SSSR count). The molecule has 12 heavy (non-hydrogen) atoms. The Balaban J connectivity index is 4.15. The molecule has 0 bridgehead atoms. The number of alkyl halides is 1. The highest BCUT2D eigenvalue weighted by Crippen LogP contribution is 2.22. The molecule has 0 heterocycles. The summed E-state index contributed by atoms with van der Waals surface area (Å²) in [7, 11) is 1.98. The van der Waals surface area contributed by atoms with Crippen LogP contribution in [0.3, 0.4) is 0 Å². The zero-order chi connectivity index (χ0) is 9.94. The van der Waals surface area contributed by atoms with Gasteiger partial charge in [-0.15, -0.1) is 0 Å². The highest BCUT2D eigenvalue weighted by atomic mass is 19.1. The largest absolute Gasteiger partial charge is 0.298 e. The fourth-order valence-electron chi connectivity index (χ4n) is 1.05. The van der Waals surface area contributed by atoms with Gasteiger partial charge in [0.05, 0.1) is 0 Å². The summed E-state index contributed by atoms with van der Waals surface area (Å²) in [6, 6.07) is 0. The molecule has 0 N–H and O–H groups in total. The van der Waals surface area contributed by atoms with Crippen molar-refractivity contribution in [3.05, 3.63) is 0 Å². The van der Waals surface area contributed by atoms with Crippen LogP contribution in [0.5, 0.6) is 0 Å². The van der Waals surface area contributed by atoms with Crippen molar-refractivity contribution >= 4 is 0 Å². The van der Waals surface area contributed by atoms with Gasteiger partial charge in [0.2, 0.25) is 0 Å². The zero-order valence-corrected chi connectivity index (χ0v) is 9.19. The molecule has 0 aromatic rings. The van der Waals surface area contributed by atoms with Crippen LogP contribution in [0.1, 0.15) is 34.6 Å². The summed E-state index contributed by atoms with van der Waals surface area (Å²) in [6.07, 6.45) is -0.743. The third-order valence-electron chi connectivity index (χ3n) is 2.92. The van der Waals surface area contributed by atoms with Gasteiger partial charge in [0, 0.05) is 12.1 Å². The highest BCUT2D eigenvalue weighted by molar-refractivity contribution is 4.83. The van der Waals surface area contributed by atoms with E-state index in [1.165, 1.54) is 0 Å². The zero-order valence-electron chi connectivity index (χ0n) is 9.19. The van der Waals surface area contributed by atoms with E-state index in [1.54, 1.807) is 6.92 Å². The molecular formula is C10H22FN. The monoisotopic (exact) mass is 175 g/mol. The molecule has 1 nitrogen and oxygen atoms in total. The highest BCUT2D eigenvalue weighted by Gasteiger charge is 2.27. The van der Waals surface area contributed by atoms with Crippen molar-refractivity contribution in [2.75, 3.05) is 13.6 Å². The Morgan fingerprint density at radius 3 is 1.92 bits per heavy atom. The summed E-state index contributed by atoms with van der Waals surface area (Å²) in [5.41, 5.74) is 0.0837. The molecule has 1 atom stereocenters. The molecule has 0 radical (unpaired) electrons. The van der Waals surface area contributed by atoms with Gasteiger partial charge in [0.15, 0.2) is 0 Å². The van der Waals surface area contributed by atoms with Crippen LogP contribution in [-0.4, -0.2) is 30.2 Å². The number of hydrogen-bond acceptors (Lipinski definition) is 1. The molecule has 0 fully saturated rings. The van der Waals surface area contributed by atoms with E-state index in [0.717, 1.165) is 0 Å². The second-order valence-corrected chi connectivity index (χ2v) is 4.47. The maximum absolute atomic E-state index is 12.7. The van der Waals surface area contributed by atoms with Gasteiger partial charge in [-0.1, -0.05) is 13.8 Å². The molecule has 74 valence electrons. The first-order valence-electron chi connectivity index (χ1n) is 4.63. The Morgan fingerprint density at radius 2 is 1.67 bits per heavy atom. The number of nitrogens with zero attached hydrogens (tertiary/aromatic N) is 1. The quantitative estimate of drug-likeness (QED) is 0.635. The first-order valence-corrected chi connectivity index (χ1v) is 4.63. The van der Waals surface area contributed by atoms with Crippen molar-refractivity contribution in [3.63, 3.8) is 0 Å². The van der Waals surface area contributed by atoms with Crippen LogP contribution in [0.15, 0.2) is 0 Å². The predicted octanol–water partition coefficient (Wildman–Crippen LogP) is 2.71. The summed E-state index contributed by atoms with van der Waals surface area (Å²) >= 11 is 0. The van der Waals surface area contributed by atoms with Crippen LogP contribution in [0.25, 0.3) is 0 Å². The SMILES string of the molecule is CC(F)CN(C)C(C)(C)C(C)C. The number of halogens is 1. The molecule has 0 saturated heterocycles. The predicted molar refractivity (Wildman–Crippen MR) is 52.1 cm³/mol. The van der Waals surface area contributed by atoms with E-state index in [2.05, 4.69) is 32.6 Å². The average molecular weight is 175 g/mol. The lowest BCUT2D eigenvalue weighted by Gasteiger charge is -2.39. The molecule has 0 aromatic carbocycles. The van der Waals surface area contributed by atoms with Gasteiger partial charge in [0.25, 0.3) is 0 Å². The van der Waals surface area contributed by atoms with Gasteiger partial charge < -0.3 is 0 Å². The number of rotatable bonds is 4. The molecule has 2 heteroatoms. The molecule has 0 aliphatic heterocycles. The Hall–Kier alpha value is -0.110. The lowest BCUT2D eigenvalue weighted by molar-refractivity contribution is 0.0812. The molecule has 0 aromatic heterocycles. The molecule has 0 aliphatic carbocycles. The van der Waals surface area contributed by atoms with E-state index in [1.807, 2.05) is 7.05 Å². The first kappa shape index (κ1) is 11.9. The molecule has 1 unspecified atom stereocenters. The smallest absolute Gasteiger partial charge is 0.110 e. The third kappa shape index (κ3) is 3.10. The Bertz CT molecular complexity index is 130. The van der Waals surface area contributed by atoms with Gasteiger partial charge >= 0.3 is 0 Å². The standard InChI is InChI=1S/C10H22FN/c1-8(2)10(4,5)12(6)7-9(3)11/h8-9H,7H2,1-6H3. The summed E-state index contributed by atoms with van der Waals surface area (Å²) in [6.45, 7) is 10.8. The minimum Gasteiger partial charge on any atom is -0.298 e. The van der Waals surface area contributed by atoms with Gasteiger partial charge in [-0.25, -0.2) is 4.39 Å². The minimum atomic E-state index is -0.743. The number of hydrogen-bond donors (Lipinski definition) is 0. The lowest BCUT2D eigenvalue weighted by Crippen LogP contribution is -2.47. The molecule has 0 saturated carbocycles. The average Bonchev–Trinajstić information content (AvgIpc) is 1.85. The minimum absolute atomic E-state index is 0.0837. The normalized spacial score (nSPS) is 15.8. The lowest BCUT2D eigenvalue weighted by atomic mass is 9.89. The van der Waals surface area contributed by atoms with Crippen LogP contribution in [-0.2, 0) is 0 Å². The van der Waals surface area contributed by atoms with E-state index in [-0.39, 0.29) is 5.54 Å². The maximum atomic E-state index is 12.7. The molecule has 0 aliphatic rings. The van der Waals surface area contributed by atoms with Gasteiger partial charge in [0.1, 0.15) is 6.17 Å². The van der Waals surface area contributed by atoms with E-state index >= 15 is 0 Å². The Morgan fingerprint density at radius 1 is 1.25 bits per heavy atom. The van der Waals surface area contributed by atoms with Crippen LogP contribution in [0, 0.1) is 5.92 Å². The molecule has 0 spiro atoms. The van der Waals surface area contributed by atoms with Gasteiger partial charge in [-0.3, -0.25) is 4.90 Å². The molecule has 0 amide bonds. The summed E-state index contributed by atoms with van der Waals surface area (Å²) < 4.78 is 12.7. The fraction of sp³-hybridized carbons (Fsp3) is 1.00. The fourth-order valence-corrected chi connectivity index (χ4v) is 1.05. The Labute approximate surface area is 75.9 Å². The van der Waals surface area contributed by atoms with E-state index < -0.39 is 6.17 Å². The van der Waals surface area contributed by atoms with Crippen LogP contribution >= 0.6 is 0 Å². The summed E-state index contributed by atoms with van der Waals surface area (Å²) in [5.74, 6) is 0.543. The van der Waals surface area contributed by atoms with Crippen molar-refractivity contribution in [2.24, 2.45) is 5.92 Å². The maximum Gasteiger partial charge on any atom is 0.110 e. The second-order valence-electron chi connectivity index (χ2n) is 4.47. The summed E-state index contributed by atoms with van der Waals surface area (Å²) in [5, 5.41) is 0. The topological polar surface area (TPSA) is 3.24 Å². The van der Waals surface area contributed by atoms with E-state index in [0.29, 0.717) is 12.5 Å². The van der Waals surface area contributed by atoms with Gasteiger partial charge in [-0.05, 0) is 33.7 Å².